The fourth-order valence-electron chi connectivity index (χ4n) is 9.29. The maximum atomic E-state index is 5.27. The van der Waals surface area contributed by atoms with Crippen LogP contribution < -0.4 is 0 Å². The molecule has 10 aromatic carbocycles. The highest BCUT2D eigenvalue weighted by Gasteiger charge is 2.17. The minimum Gasteiger partial charge on any atom is -0.228 e. The van der Waals surface area contributed by atoms with E-state index in [9.17, 15) is 0 Å². The van der Waals surface area contributed by atoms with Crippen LogP contribution in [0.5, 0.6) is 0 Å². The number of aromatic nitrogens is 4. The van der Waals surface area contributed by atoms with E-state index in [-0.39, 0.29) is 0 Å². The number of hydrogen-bond donors (Lipinski definition) is 0. The summed E-state index contributed by atoms with van der Waals surface area (Å²) in [5.41, 5.74) is 18.8. The zero-order valence-corrected chi connectivity index (χ0v) is 38.2. The Morgan fingerprint density at radius 1 is 0.171 bits per heavy atom. The van der Waals surface area contributed by atoms with Gasteiger partial charge in [0, 0.05) is 33.4 Å². The molecular formula is C66H44N4. The van der Waals surface area contributed by atoms with Crippen molar-refractivity contribution in [3.63, 3.8) is 0 Å². The van der Waals surface area contributed by atoms with Crippen LogP contribution in [0.1, 0.15) is 0 Å². The monoisotopic (exact) mass is 892 g/mol. The first-order valence-electron chi connectivity index (χ1n) is 23.6. The first kappa shape index (κ1) is 42.0. The molecule has 4 nitrogen and oxygen atoms in total. The van der Waals surface area contributed by atoms with Crippen LogP contribution in [0.3, 0.4) is 0 Å². The predicted molar refractivity (Wildman–Crippen MR) is 289 cm³/mol. The lowest BCUT2D eigenvalue weighted by Gasteiger charge is -2.14. The summed E-state index contributed by atoms with van der Waals surface area (Å²) in [4.78, 5) is 20.9. The second kappa shape index (κ2) is 18.7. The van der Waals surface area contributed by atoms with Crippen molar-refractivity contribution in [3.05, 3.63) is 267 Å². The number of nitrogens with zero attached hydrogens (tertiary/aromatic N) is 4. The summed E-state index contributed by atoms with van der Waals surface area (Å²) >= 11 is 0. The number of benzene rings is 10. The van der Waals surface area contributed by atoms with E-state index in [1.54, 1.807) is 0 Å². The topological polar surface area (TPSA) is 51.6 Å². The SMILES string of the molecule is c1ccc(-c2ccc(-c3ccc(-c4cc(-c5cccc6c(-c7cc(-c8ccc(-c9ccc(-c%10ccccc%10)cc9)cc8)nc(-c8ccccc8)n7)cccc56)nc(-c5ccccc5)n4)cc3)cc2)cc1. The molecule has 0 atom stereocenters. The molecule has 2 aromatic heterocycles. The van der Waals surface area contributed by atoms with Crippen LogP contribution in [0.15, 0.2) is 267 Å². The zero-order valence-electron chi connectivity index (χ0n) is 38.2. The van der Waals surface area contributed by atoms with Crippen LogP contribution in [0.4, 0.5) is 0 Å². The Kier molecular flexibility index (Phi) is 11.2. The van der Waals surface area contributed by atoms with Gasteiger partial charge in [0.2, 0.25) is 0 Å². The third-order valence-corrected chi connectivity index (χ3v) is 13.0. The summed E-state index contributed by atoms with van der Waals surface area (Å²) < 4.78 is 0. The van der Waals surface area contributed by atoms with Crippen molar-refractivity contribution >= 4 is 10.8 Å². The van der Waals surface area contributed by atoms with Gasteiger partial charge in [0.25, 0.3) is 0 Å². The first-order valence-corrected chi connectivity index (χ1v) is 23.6. The largest absolute Gasteiger partial charge is 0.228 e. The molecule has 328 valence electrons. The molecule has 12 rings (SSSR count). The van der Waals surface area contributed by atoms with E-state index in [2.05, 4.69) is 218 Å². The zero-order chi connectivity index (χ0) is 46.6. The summed E-state index contributed by atoms with van der Waals surface area (Å²) in [5, 5.41) is 2.14. The second-order valence-corrected chi connectivity index (χ2v) is 17.4. The smallest absolute Gasteiger partial charge is 0.160 e. The van der Waals surface area contributed by atoms with Crippen molar-refractivity contribution in [3.8, 4) is 112 Å². The first-order chi connectivity index (χ1) is 34.7. The fraction of sp³-hybridized carbons (Fsp3) is 0. The Labute approximate surface area is 408 Å². The Hall–Kier alpha value is -9.38. The van der Waals surface area contributed by atoms with Crippen molar-refractivity contribution < 1.29 is 0 Å². The number of fused-ring (bicyclic) bond motifs is 1. The molecule has 0 bridgehead atoms. The third kappa shape index (κ3) is 8.58. The third-order valence-electron chi connectivity index (χ3n) is 13.0. The molecule has 0 fully saturated rings. The predicted octanol–water partition coefficient (Wildman–Crippen LogP) is 17.1. The molecule has 0 spiro atoms. The molecule has 4 heteroatoms. The molecule has 0 aliphatic carbocycles. The van der Waals surface area contributed by atoms with Gasteiger partial charge in [-0.2, -0.15) is 0 Å². The summed E-state index contributed by atoms with van der Waals surface area (Å²) in [5.74, 6) is 1.34. The summed E-state index contributed by atoms with van der Waals surface area (Å²) in [7, 11) is 0. The molecule has 0 unspecified atom stereocenters. The molecular weight excluding hydrogens is 849 g/mol. The summed E-state index contributed by atoms with van der Waals surface area (Å²) in [6, 6.07) is 93.5. The molecule has 0 N–H and O–H groups in total. The van der Waals surface area contributed by atoms with Crippen molar-refractivity contribution in [1.29, 1.82) is 0 Å². The van der Waals surface area contributed by atoms with Crippen LogP contribution in [-0.2, 0) is 0 Å². The molecule has 0 saturated heterocycles. The minimum absolute atomic E-state index is 0.671. The molecule has 0 amide bonds. The molecule has 2 heterocycles. The van der Waals surface area contributed by atoms with Gasteiger partial charge < -0.3 is 0 Å². The highest BCUT2D eigenvalue weighted by Crippen LogP contribution is 2.38. The molecule has 0 radical (unpaired) electrons. The van der Waals surface area contributed by atoms with Gasteiger partial charge in [-0.1, -0.05) is 255 Å². The van der Waals surface area contributed by atoms with E-state index in [0.717, 1.165) is 89.2 Å². The van der Waals surface area contributed by atoms with Crippen LogP contribution >= 0.6 is 0 Å². The highest BCUT2D eigenvalue weighted by atomic mass is 14.9. The van der Waals surface area contributed by atoms with Crippen LogP contribution in [0.25, 0.3) is 123 Å². The maximum absolute atomic E-state index is 5.27. The Balaban J connectivity index is 0.912. The van der Waals surface area contributed by atoms with Gasteiger partial charge >= 0.3 is 0 Å². The van der Waals surface area contributed by atoms with Gasteiger partial charge in [-0.15, -0.1) is 0 Å². The van der Waals surface area contributed by atoms with Crippen LogP contribution in [-0.4, -0.2) is 19.9 Å². The van der Waals surface area contributed by atoms with E-state index >= 15 is 0 Å². The Bertz CT molecular complexity index is 3490. The van der Waals surface area contributed by atoms with E-state index in [4.69, 9.17) is 19.9 Å². The van der Waals surface area contributed by atoms with Gasteiger partial charge in [0.05, 0.1) is 22.8 Å². The van der Waals surface area contributed by atoms with Crippen molar-refractivity contribution in [2.45, 2.75) is 0 Å². The molecule has 0 aliphatic heterocycles. The van der Waals surface area contributed by atoms with Gasteiger partial charge in [-0.05, 0) is 67.4 Å². The van der Waals surface area contributed by atoms with Crippen molar-refractivity contribution in [2.24, 2.45) is 0 Å². The summed E-state index contributed by atoms with van der Waals surface area (Å²) in [6.07, 6.45) is 0. The maximum Gasteiger partial charge on any atom is 0.160 e. The number of hydrogen-bond acceptors (Lipinski definition) is 4. The van der Waals surface area contributed by atoms with Crippen molar-refractivity contribution in [2.75, 3.05) is 0 Å². The number of rotatable bonds is 10. The average Bonchev–Trinajstić information content (AvgIpc) is 3.45. The lowest BCUT2D eigenvalue weighted by Crippen LogP contribution is -1.98. The molecule has 0 saturated carbocycles. The average molecular weight is 893 g/mol. The minimum atomic E-state index is 0.671. The lowest BCUT2D eigenvalue weighted by molar-refractivity contribution is 1.18. The van der Waals surface area contributed by atoms with Crippen LogP contribution in [0, 0.1) is 0 Å². The van der Waals surface area contributed by atoms with Gasteiger partial charge in [-0.25, -0.2) is 19.9 Å². The molecule has 12 aromatic rings. The van der Waals surface area contributed by atoms with E-state index in [1.165, 1.54) is 22.3 Å². The van der Waals surface area contributed by atoms with E-state index in [0.29, 0.717) is 11.6 Å². The quantitative estimate of drug-likeness (QED) is 0.137. The second-order valence-electron chi connectivity index (χ2n) is 17.4. The summed E-state index contributed by atoms with van der Waals surface area (Å²) in [6.45, 7) is 0. The normalized spacial score (nSPS) is 11.1. The van der Waals surface area contributed by atoms with Crippen LogP contribution in [0.2, 0.25) is 0 Å². The molecule has 70 heavy (non-hydrogen) atoms. The van der Waals surface area contributed by atoms with E-state index in [1.807, 2.05) is 48.5 Å². The van der Waals surface area contributed by atoms with Crippen molar-refractivity contribution in [1.82, 2.24) is 19.9 Å². The van der Waals surface area contributed by atoms with Gasteiger partial charge in [0.1, 0.15) is 0 Å². The van der Waals surface area contributed by atoms with Gasteiger partial charge in [-0.3, -0.25) is 0 Å². The van der Waals surface area contributed by atoms with Gasteiger partial charge in [0.15, 0.2) is 11.6 Å². The Morgan fingerprint density at radius 2 is 0.414 bits per heavy atom. The fourth-order valence-corrected chi connectivity index (χ4v) is 9.29. The highest BCUT2D eigenvalue weighted by molar-refractivity contribution is 6.04. The Morgan fingerprint density at radius 3 is 0.714 bits per heavy atom. The van der Waals surface area contributed by atoms with E-state index < -0.39 is 0 Å². The lowest BCUT2D eigenvalue weighted by atomic mass is 9.95. The molecule has 0 aliphatic rings. The standard InChI is InChI=1S/C66H44N4/c1-5-15-45(16-6-1)47-27-31-49(32-28-47)51-35-39-53(40-36-51)61-43-63(69-65(67-61)55-19-9-3-10-20-55)59-25-13-24-58-57(59)23-14-26-60(58)64-44-62(68-66(70-64)56-21-11-4-12-22-56)54-41-37-52(38-42-54)50-33-29-48(30-34-50)46-17-7-2-8-18-46/h1-44H.